The molecule has 0 spiro atoms. The number of fused-ring (bicyclic) bond motifs is 7. The Kier molecular flexibility index (Phi) is 5.38. The molecule has 5 aliphatic rings. The highest BCUT2D eigenvalue weighted by Crippen LogP contribution is 2.70. The lowest BCUT2D eigenvalue weighted by molar-refractivity contribution is -0.115. The van der Waals surface area contributed by atoms with Crippen molar-refractivity contribution in [3.8, 4) is 0 Å². The summed E-state index contributed by atoms with van der Waals surface area (Å²) in [6.45, 7) is 10.4. The summed E-state index contributed by atoms with van der Waals surface area (Å²) in [4.78, 5) is 0. The minimum Gasteiger partial charge on any atom is -0.396 e. The van der Waals surface area contributed by atoms with Gasteiger partial charge in [-0.1, -0.05) is 40.5 Å². The summed E-state index contributed by atoms with van der Waals surface area (Å²) in [5.41, 5.74) is 1.16. The second kappa shape index (κ2) is 7.51. The van der Waals surface area contributed by atoms with Crippen molar-refractivity contribution in [2.75, 3.05) is 6.61 Å². The molecule has 166 valence electrons. The summed E-state index contributed by atoms with van der Waals surface area (Å²) in [6.07, 6.45) is 16.5. The molecule has 1 N–H and O–H groups in total. The molecule has 2 nitrogen and oxygen atoms in total. The van der Waals surface area contributed by atoms with E-state index in [0.717, 1.165) is 42.4 Å². The van der Waals surface area contributed by atoms with Gasteiger partial charge in [0.05, 0.1) is 12.2 Å². The number of rotatable bonds is 4. The summed E-state index contributed by atoms with van der Waals surface area (Å²) in [6, 6.07) is 0. The van der Waals surface area contributed by atoms with Gasteiger partial charge in [-0.25, -0.2) is 0 Å². The predicted molar refractivity (Wildman–Crippen MR) is 119 cm³/mol. The van der Waals surface area contributed by atoms with E-state index in [0.29, 0.717) is 41.5 Å². The van der Waals surface area contributed by atoms with Crippen LogP contribution in [0.2, 0.25) is 0 Å². The number of hydrogen-bond donors (Lipinski definition) is 1. The van der Waals surface area contributed by atoms with E-state index >= 15 is 0 Å². The first-order valence-corrected chi connectivity index (χ1v) is 13.1. The van der Waals surface area contributed by atoms with Gasteiger partial charge in [0.1, 0.15) is 0 Å². The van der Waals surface area contributed by atoms with Crippen molar-refractivity contribution in [2.24, 2.45) is 52.3 Å². The number of aliphatic hydroxyl groups is 1. The van der Waals surface area contributed by atoms with Gasteiger partial charge in [-0.15, -0.1) is 0 Å². The topological polar surface area (TPSA) is 29.5 Å². The highest BCUT2D eigenvalue weighted by Gasteiger charge is 2.65. The Labute approximate surface area is 179 Å². The molecule has 0 bridgehead atoms. The minimum atomic E-state index is 0.316. The summed E-state index contributed by atoms with van der Waals surface area (Å²) < 4.78 is 6.78. The van der Waals surface area contributed by atoms with Gasteiger partial charge in [-0.3, -0.25) is 0 Å². The van der Waals surface area contributed by atoms with E-state index in [4.69, 9.17) is 4.74 Å². The van der Waals surface area contributed by atoms with Gasteiger partial charge in [0.25, 0.3) is 0 Å². The van der Waals surface area contributed by atoms with Crippen molar-refractivity contribution < 1.29 is 9.84 Å². The van der Waals surface area contributed by atoms with Crippen LogP contribution in [0.3, 0.4) is 0 Å². The Morgan fingerprint density at radius 1 is 1.00 bits per heavy atom. The SMILES string of the molecule is C[C@@H](CO)CCC1O[C@H]2C[C@H]3[C@@H]4CC[C@H]5CCCC[C@]5(C)[C@H]4CC[C@]3(C)[C@H]2[C@@H]1C. The predicted octanol–water partition coefficient (Wildman–Crippen LogP) is 6.46. The number of hydrogen-bond acceptors (Lipinski definition) is 2. The van der Waals surface area contributed by atoms with Crippen LogP contribution in [-0.4, -0.2) is 23.9 Å². The molecular formula is C27H46O2. The average Bonchev–Trinajstić information content (AvgIpc) is 3.19. The molecule has 0 aromatic carbocycles. The van der Waals surface area contributed by atoms with Crippen LogP contribution in [0.25, 0.3) is 0 Å². The molecule has 0 radical (unpaired) electrons. The zero-order chi connectivity index (χ0) is 20.4. The lowest BCUT2D eigenvalue weighted by Crippen LogP contribution is -2.53. The summed E-state index contributed by atoms with van der Waals surface area (Å²) in [5.74, 6) is 5.79. The molecule has 11 atom stereocenters. The highest BCUT2D eigenvalue weighted by atomic mass is 16.5. The fourth-order valence-electron chi connectivity index (χ4n) is 9.85. The van der Waals surface area contributed by atoms with E-state index in [2.05, 4.69) is 27.7 Å². The third kappa shape index (κ3) is 3.09. The van der Waals surface area contributed by atoms with Gasteiger partial charge in [-0.2, -0.15) is 0 Å². The van der Waals surface area contributed by atoms with Crippen molar-refractivity contribution in [3.05, 3.63) is 0 Å². The Hall–Kier alpha value is -0.0800. The van der Waals surface area contributed by atoms with E-state index in [-0.39, 0.29) is 0 Å². The summed E-state index contributed by atoms with van der Waals surface area (Å²) in [7, 11) is 0. The van der Waals surface area contributed by atoms with Crippen molar-refractivity contribution in [1.29, 1.82) is 0 Å². The third-order valence-corrected chi connectivity index (χ3v) is 11.4. The fourth-order valence-corrected chi connectivity index (χ4v) is 9.85. The van der Waals surface area contributed by atoms with E-state index in [1.54, 1.807) is 0 Å². The lowest BCUT2D eigenvalue weighted by Gasteiger charge is -2.60. The molecule has 1 aliphatic heterocycles. The molecule has 1 unspecified atom stereocenters. The largest absolute Gasteiger partial charge is 0.396 e. The molecular weight excluding hydrogens is 356 g/mol. The zero-order valence-corrected chi connectivity index (χ0v) is 19.5. The van der Waals surface area contributed by atoms with Gasteiger partial charge in [0.2, 0.25) is 0 Å². The molecule has 5 fully saturated rings. The van der Waals surface area contributed by atoms with Crippen LogP contribution in [-0.2, 0) is 4.74 Å². The molecule has 4 aliphatic carbocycles. The van der Waals surface area contributed by atoms with E-state index in [9.17, 15) is 5.11 Å². The van der Waals surface area contributed by atoms with E-state index < -0.39 is 0 Å². The molecule has 0 aromatic rings. The van der Waals surface area contributed by atoms with Gasteiger partial charge in [0, 0.05) is 6.61 Å². The maximum atomic E-state index is 9.40. The second-order valence-electron chi connectivity index (χ2n) is 12.6. The Morgan fingerprint density at radius 2 is 1.83 bits per heavy atom. The number of ether oxygens (including phenoxy) is 1. The molecule has 0 amide bonds. The third-order valence-electron chi connectivity index (χ3n) is 11.4. The van der Waals surface area contributed by atoms with Crippen LogP contribution in [0.15, 0.2) is 0 Å². The van der Waals surface area contributed by atoms with Crippen molar-refractivity contribution in [3.63, 3.8) is 0 Å². The van der Waals surface area contributed by atoms with Crippen LogP contribution >= 0.6 is 0 Å². The zero-order valence-electron chi connectivity index (χ0n) is 19.5. The average molecular weight is 403 g/mol. The van der Waals surface area contributed by atoms with E-state index in [1.807, 2.05) is 0 Å². The van der Waals surface area contributed by atoms with Gasteiger partial charge < -0.3 is 9.84 Å². The lowest BCUT2D eigenvalue weighted by atomic mass is 9.44. The minimum absolute atomic E-state index is 0.316. The summed E-state index contributed by atoms with van der Waals surface area (Å²) in [5, 5.41) is 9.40. The second-order valence-corrected chi connectivity index (χ2v) is 12.6. The highest BCUT2D eigenvalue weighted by molar-refractivity contribution is 5.13. The van der Waals surface area contributed by atoms with Crippen LogP contribution < -0.4 is 0 Å². The molecule has 29 heavy (non-hydrogen) atoms. The monoisotopic (exact) mass is 402 g/mol. The van der Waals surface area contributed by atoms with Gasteiger partial charge in [-0.05, 0) is 110 Å². The van der Waals surface area contributed by atoms with Crippen molar-refractivity contribution in [1.82, 2.24) is 0 Å². The van der Waals surface area contributed by atoms with E-state index in [1.165, 1.54) is 57.8 Å². The normalized spacial score (nSPS) is 54.9. The molecule has 4 saturated carbocycles. The van der Waals surface area contributed by atoms with Crippen LogP contribution in [0.4, 0.5) is 0 Å². The molecule has 1 heterocycles. The molecule has 1 saturated heterocycles. The Bertz CT molecular complexity index is 603. The Morgan fingerprint density at radius 3 is 2.62 bits per heavy atom. The molecule has 2 heteroatoms. The fraction of sp³-hybridized carbons (Fsp3) is 1.00. The van der Waals surface area contributed by atoms with Crippen LogP contribution in [0.1, 0.15) is 98.3 Å². The molecule has 5 rings (SSSR count). The quantitative estimate of drug-likeness (QED) is 0.585. The molecule has 0 aromatic heterocycles. The van der Waals surface area contributed by atoms with Crippen molar-refractivity contribution in [2.45, 2.75) is 111 Å². The van der Waals surface area contributed by atoms with Crippen LogP contribution in [0.5, 0.6) is 0 Å². The Balaban J connectivity index is 1.33. The van der Waals surface area contributed by atoms with Crippen LogP contribution in [0, 0.1) is 52.3 Å². The first-order valence-electron chi connectivity index (χ1n) is 13.1. The van der Waals surface area contributed by atoms with Crippen molar-refractivity contribution >= 4 is 0 Å². The van der Waals surface area contributed by atoms with Gasteiger partial charge in [0.15, 0.2) is 0 Å². The smallest absolute Gasteiger partial charge is 0.0618 e. The maximum Gasteiger partial charge on any atom is 0.0618 e. The maximum absolute atomic E-state index is 9.40. The first kappa shape index (κ1) is 20.8. The number of aliphatic hydroxyl groups excluding tert-OH is 1. The standard InChI is InChI=1S/C27H46O2/c1-17(16-28)8-11-23-18(2)25-24(29-23)15-22-20-10-9-19-7-5-6-13-26(19,3)21(20)12-14-27(22,25)4/h17-25,28H,5-16H2,1-4H3/t17-,18-,19-,20-,21+,22+,23?,24+,25+,26+,27+/m1/s1. The van der Waals surface area contributed by atoms with Gasteiger partial charge >= 0.3 is 0 Å². The summed E-state index contributed by atoms with van der Waals surface area (Å²) >= 11 is 0. The first-order chi connectivity index (χ1) is 13.9.